The van der Waals surface area contributed by atoms with Crippen LogP contribution in [0.4, 0.5) is 14.5 Å². The van der Waals surface area contributed by atoms with Crippen LogP contribution >= 0.6 is 0 Å². The van der Waals surface area contributed by atoms with Crippen molar-refractivity contribution in [3.05, 3.63) is 101 Å². The number of anilines is 1. The van der Waals surface area contributed by atoms with Gasteiger partial charge in [-0.15, -0.1) is 0 Å². The summed E-state index contributed by atoms with van der Waals surface area (Å²) < 4.78 is 33.0. The maximum Gasteiger partial charge on any atom is 0.254 e. The van der Waals surface area contributed by atoms with E-state index in [1.165, 1.54) is 25.3 Å². The van der Waals surface area contributed by atoms with Gasteiger partial charge in [-0.3, -0.25) is 9.59 Å². The Kier molecular flexibility index (Phi) is 6.51. The predicted molar refractivity (Wildman–Crippen MR) is 121 cm³/mol. The molecule has 0 saturated carbocycles. The third-order valence-corrected chi connectivity index (χ3v) is 5.91. The van der Waals surface area contributed by atoms with Gasteiger partial charge in [0.05, 0.1) is 18.6 Å². The minimum absolute atomic E-state index is 0.234. The largest absolute Gasteiger partial charge is 0.383 e. The number of methoxy groups -OCH3 is 1. The maximum atomic E-state index is 14.1. The Hall–Kier alpha value is -3.58. The molecule has 0 fully saturated rings. The van der Waals surface area contributed by atoms with Gasteiger partial charge in [-0.1, -0.05) is 36.4 Å². The van der Waals surface area contributed by atoms with Gasteiger partial charge in [0, 0.05) is 24.9 Å². The number of hydrogen-bond acceptors (Lipinski definition) is 3. The van der Waals surface area contributed by atoms with Gasteiger partial charge in [-0.25, -0.2) is 8.78 Å². The number of carbonyl (C=O) groups excluding carboxylic acids is 2. The SMILES string of the molecule is COCCN1C(=O)c2ccccc2[C@H](C(=O)Nc2ccc(C)c(F)c2)[C@@H]1c1ccc(F)cc1. The summed E-state index contributed by atoms with van der Waals surface area (Å²) in [7, 11) is 1.53. The summed E-state index contributed by atoms with van der Waals surface area (Å²) >= 11 is 0. The second-order valence-electron chi connectivity index (χ2n) is 8.01. The third-order valence-electron chi connectivity index (χ3n) is 5.91. The molecule has 4 rings (SSSR count). The first-order chi connectivity index (χ1) is 15.9. The van der Waals surface area contributed by atoms with Crippen LogP contribution < -0.4 is 5.32 Å². The van der Waals surface area contributed by atoms with Crippen LogP contribution in [0.3, 0.4) is 0 Å². The van der Waals surface area contributed by atoms with Crippen LogP contribution in [0.2, 0.25) is 0 Å². The number of benzene rings is 3. The Labute approximate surface area is 191 Å². The second-order valence-corrected chi connectivity index (χ2v) is 8.01. The first kappa shape index (κ1) is 22.6. The number of halogens is 2. The van der Waals surface area contributed by atoms with Crippen LogP contribution in [0.15, 0.2) is 66.7 Å². The number of rotatable bonds is 6. The van der Waals surface area contributed by atoms with Gasteiger partial charge in [0.1, 0.15) is 11.6 Å². The molecule has 0 aromatic heterocycles. The lowest BCUT2D eigenvalue weighted by Gasteiger charge is -2.41. The smallest absolute Gasteiger partial charge is 0.254 e. The highest BCUT2D eigenvalue weighted by atomic mass is 19.1. The van der Waals surface area contributed by atoms with Gasteiger partial charge in [0.2, 0.25) is 5.91 Å². The molecular weight excluding hydrogens is 426 g/mol. The fraction of sp³-hybridized carbons (Fsp3) is 0.231. The fourth-order valence-corrected chi connectivity index (χ4v) is 4.23. The molecule has 0 spiro atoms. The zero-order chi connectivity index (χ0) is 23.5. The van der Waals surface area contributed by atoms with Crippen LogP contribution in [0.1, 0.15) is 39.0 Å². The molecule has 5 nitrogen and oxygen atoms in total. The van der Waals surface area contributed by atoms with E-state index in [4.69, 9.17) is 4.74 Å². The van der Waals surface area contributed by atoms with Gasteiger partial charge >= 0.3 is 0 Å². The van der Waals surface area contributed by atoms with E-state index in [-0.39, 0.29) is 19.1 Å². The van der Waals surface area contributed by atoms with Crippen LogP contribution in [-0.4, -0.2) is 37.0 Å². The Balaban J connectivity index is 1.82. The average Bonchev–Trinajstić information content (AvgIpc) is 2.81. The van der Waals surface area contributed by atoms with E-state index in [2.05, 4.69) is 5.32 Å². The molecule has 0 saturated heterocycles. The zero-order valence-corrected chi connectivity index (χ0v) is 18.3. The lowest BCUT2D eigenvalue weighted by Crippen LogP contribution is -2.47. The quantitative estimate of drug-likeness (QED) is 0.585. The number of hydrogen-bond donors (Lipinski definition) is 1. The molecule has 1 N–H and O–H groups in total. The molecule has 1 aliphatic heterocycles. The van der Waals surface area contributed by atoms with Crippen LogP contribution in [0.5, 0.6) is 0 Å². The highest BCUT2D eigenvalue weighted by molar-refractivity contribution is 6.04. The molecule has 1 heterocycles. The van der Waals surface area contributed by atoms with Crippen LogP contribution in [0, 0.1) is 18.6 Å². The van der Waals surface area contributed by atoms with Gasteiger partial charge in [0.25, 0.3) is 5.91 Å². The number of ether oxygens (including phenoxy) is 1. The third kappa shape index (κ3) is 4.50. The van der Waals surface area contributed by atoms with E-state index in [1.54, 1.807) is 60.4 Å². The van der Waals surface area contributed by atoms with Gasteiger partial charge in [-0.05, 0) is 53.9 Å². The zero-order valence-electron chi connectivity index (χ0n) is 18.3. The molecule has 2 amide bonds. The van der Waals surface area contributed by atoms with Crippen molar-refractivity contribution < 1.29 is 23.1 Å². The Morgan fingerprint density at radius 1 is 1.06 bits per heavy atom. The van der Waals surface area contributed by atoms with Crippen molar-refractivity contribution in [3.8, 4) is 0 Å². The van der Waals surface area contributed by atoms with Crippen LogP contribution in [0.25, 0.3) is 0 Å². The van der Waals surface area contributed by atoms with Crippen molar-refractivity contribution in [2.24, 2.45) is 0 Å². The van der Waals surface area contributed by atoms with Crippen molar-refractivity contribution in [1.29, 1.82) is 0 Å². The summed E-state index contributed by atoms with van der Waals surface area (Å²) in [6, 6.07) is 16.5. The molecule has 2 atom stereocenters. The summed E-state index contributed by atoms with van der Waals surface area (Å²) in [4.78, 5) is 28.6. The monoisotopic (exact) mass is 450 g/mol. The Morgan fingerprint density at radius 2 is 1.79 bits per heavy atom. The standard InChI is InChI=1S/C26H24F2N2O3/c1-16-7-12-19(15-22(16)28)29-25(31)23-20-5-3-4-6-21(20)26(32)30(13-14-33-2)24(23)17-8-10-18(27)11-9-17/h3-12,15,23-24H,13-14H2,1-2H3,(H,29,31)/t23-,24-/m0/s1. The van der Waals surface area contributed by atoms with Gasteiger partial charge < -0.3 is 15.0 Å². The Morgan fingerprint density at radius 3 is 2.48 bits per heavy atom. The van der Waals surface area contributed by atoms with E-state index in [1.807, 2.05) is 0 Å². The number of aryl methyl sites for hydroxylation is 1. The molecule has 0 aliphatic carbocycles. The number of fused-ring (bicyclic) bond motifs is 1. The number of nitrogens with one attached hydrogen (secondary N) is 1. The van der Waals surface area contributed by atoms with Crippen LogP contribution in [-0.2, 0) is 9.53 Å². The van der Waals surface area contributed by atoms with Crippen molar-refractivity contribution in [2.45, 2.75) is 18.9 Å². The summed E-state index contributed by atoms with van der Waals surface area (Å²) in [5, 5.41) is 2.80. The normalized spacial score (nSPS) is 17.6. The minimum atomic E-state index is -0.800. The molecule has 3 aromatic carbocycles. The first-order valence-corrected chi connectivity index (χ1v) is 10.6. The predicted octanol–water partition coefficient (Wildman–Crippen LogP) is 4.84. The van der Waals surface area contributed by atoms with Gasteiger partial charge in [-0.2, -0.15) is 0 Å². The average molecular weight is 450 g/mol. The van der Waals surface area contributed by atoms with Crippen molar-refractivity contribution in [1.82, 2.24) is 4.90 Å². The summed E-state index contributed by atoms with van der Waals surface area (Å²) in [6.45, 7) is 2.15. The van der Waals surface area contributed by atoms with E-state index >= 15 is 0 Å². The molecule has 170 valence electrons. The van der Waals surface area contributed by atoms with Crippen molar-refractivity contribution >= 4 is 17.5 Å². The molecule has 0 unspecified atom stereocenters. The number of nitrogens with zero attached hydrogens (tertiary/aromatic N) is 1. The summed E-state index contributed by atoms with van der Waals surface area (Å²) in [5.41, 5.74) is 2.39. The molecular formula is C26H24F2N2O3. The topological polar surface area (TPSA) is 58.6 Å². The molecule has 33 heavy (non-hydrogen) atoms. The molecule has 0 radical (unpaired) electrons. The minimum Gasteiger partial charge on any atom is -0.383 e. The van der Waals surface area contributed by atoms with Crippen molar-refractivity contribution in [3.63, 3.8) is 0 Å². The highest BCUT2D eigenvalue weighted by Gasteiger charge is 2.44. The van der Waals surface area contributed by atoms with E-state index in [9.17, 15) is 18.4 Å². The second kappa shape index (κ2) is 9.50. The highest BCUT2D eigenvalue weighted by Crippen LogP contribution is 2.43. The van der Waals surface area contributed by atoms with E-state index in [0.29, 0.717) is 27.9 Å². The fourth-order valence-electron chi connectivity index (χ4n) is 4.23. The molecule has 3 aromatic rings. The van der Waals surface area contributed by atoms with E-state index < -0.39 is 29.5 Å². The first-order valence-electron chi connectivity index (χ1n) is 10.6. The van der Waals surface area contributed by atoms with Gasteiger partial charge in [0.15, 0.2) is 0 Å². The molecule has 1 aliphatic rings. The summed E-state index contributed by atoms with van der Waals surface area (Å²) in [6.07, 6.45) is 0. The molecule has 0 bridgehead atoms. The summed E-state index contributed by atoms with van der Waals surface area (Å²) in [5.74, 6) is -2.27. The van der Waals surface area contributed by atoms with Crippen molar-refractivity contribution in [2.75, 3.05) is 25.6 Å². The van der Waals surface area contributed by atoms with E-state index in [0.717, 1.165) is 0 Å². The Bertz CT molecular complexity index is 1180. The molecule has 7 heteroatoms. The lowest BCUT2D eigenvalue weighted by atomic mass is 9.79. The number of amides is 2. The number of carbonyl (C=O) groups is 2. The lowest BCUT2D eigenvalue weighted by molar-refractivity contribution is -0.119. The maximum absolute atomic E-state index is 14.1.